The van der Waals surface area contributed by atoms with Crippen LogP contribution in [0.4, 0.5) is 5.69 Å². The molecule has 2 bridgehead atoms. The van der Waals surface area contributed by atoms with Gasteiger partial charge in [-0.15, -0.1) is 0 Å². The summed E-state index contributed by atoms with van der Waals surface area (Å²) in [7, 11) is 0. The second kappa shape index (κ2) is 7.75. The topological polar surface area (TPSA) is 72.5 Å². The lowest BCUT2D eigenvalue weighted by Crippen LogP contribution is -2.40. The molecular weight excluding hydrogens is 365 g/mol. The molecule has 25 heavy (non-hydrogen) atoms. The van der Waals surface area contributed by atoms with Gasteiger partial charge in [0.15, 0.2) is 6.61 Å². The number of benzene rings is 1. The van der Waals surface area contributed by atoms with E-state index in [-0.39, 0.29) is 24.4 Å². The standard InChI is InChI=1S/C18H19Cl2NO4/c19-13-6-14(20)8-15(7-13)21-16(22)9-25-18(24)12-4-10-2-1-3-11(5-12)17(10)23/h6-8,10-12H,1-5,9H2,(H,21,22)/t10-,11-/m1/s1. The second-order valence-electron chi connectivity index (χ2n) is 6.71. The van der Waals surface area contributed by atoms with Crippen LogP contribution in [0.5, 0.6) is 0 Å². The van der Waals surface area contributed by atoms with E-state index in [1.807, 2.05) is 0 Å². The number of anilines is 1. The van der Waals surface area contributed by atoms with Gasteiger partial charge in [0, 0.05) is 27.6 Å². The lowest BCUT2D eigenvalue weighted by molar-refractivity contribution is -0.155. The zero-order valence-corrected chi connectivity index (χ0v) is 15.1. The van der Waals surface area contributed by atoms with Crippen molar-refractivity contribution in [1.82, 2.24) is 0 Å². The lowest BCUT2D eigenvalue weighted by atomic mass is 9.67. The van der Waals surface area contributed by atoms with E-state index < -0.39 is 11.9 Å². The number of halogens is 2. The Morgan fingerprint density at radius 2 is 1.68 bits per heavy atom. The third-order valence-corrected chi connectivity index (χ3v) is 5.31. The molecule has 7 heteroatoms. The molecule has 2 atom stereocenters. The van der Waals surface area contributed by atoms with Crippen LogP contribution >= 0.6 is 23.2 Å². The fourth-order valence-corrected chi connectivity index (χ4v) is 4.28. The van der Waals surface area contributed by atoms with Crippen molar-refractivity contribution in [2.75, 3.05) is 11.9 Å². The highest BCUT2D eigenvalue weighted by Gasteiger charge is 2.41. The van der Waals surface area contributed by atoms with Gasteiger partial charge >= 0.3 is 5.97 Å². The minimum absolute atomic E-state index is 0.0209. The smallest absolute Gasteiger partial charge is 0.309 e. The van der Waals surface area contributed by atoms with E-state index in [0.29, 0.717) is 34.4 Å². The summed E-state index contributed by atoms with van der Waals surface area (Å²) in [5, 5.41) is 3.39. The Morgan fingerprint density at radius 1 is 1.08 bits per heavy atom. The zero-order chi connectivity index (χ0) is 18.0. The highest BCUT2D eigenvalue weighted by Crippen LogP contribution is 2.40. The van der Waals surface area contributed by atoms with E-state index in [1.165, 1.54) is 0 Å². The maximum absolute atomic E-state index is 12.2. The van der Waals surface area contributed by atoms with Gasteiger partial charge in [-0.05, 0) is 43.9 Å². The maximum atomic E-state index is 12.2. The molecule has 2 fully saturated rings. The Labute approximate surface area is 156 Å². The number of ether oxygens (including phenoxy) is 1. The minimum atomic E-state index is -0.459. The number of amides is 1. The van der Waals surface area contributed by atoms with Crippen molar-refractivity contribution in [2.45, 2.75) is 32.1 Å². The summed E-state index contributed by atoms with van der Waals surface area (Å²) in [5.41, 5.74) is 0.441. The Balaban J connectivity index is 1.50. The first-order valence-electron chi connectivity index (χ1n) is 8.38. The van der Waals surface area contributed by atoms with Crippen molar-refractivity contribution in [1.29, 1.82) is 0 Å². The first-order chi connectivity index (χ1) is 11.9. The fourth-order valence-electron chi connectivity index (χ4n) is 3.75. The molecule has 0 aliphatic heterocycles. The summed E-state index contributed by atoms with van der Waals surface area (Å²) in [6.45, 7) is -0.372. The average Bonchev–Trinajstić information content (AvgIpc) is 2.51. The first kappa shape index (κ1) is 18.2. The van der Waals surface area contributed by atoms with Crippen molar-refractivity contribution in [3.05, 3.63) is 28.2 Å². The summed E-state index contributed by atoms with van der Waals surface area (Å²) in [6.07, 6.45) is 3.84. The Hall–Kier alpha value is -1.59. The van der Waals surface area contributed by atoms with E-state index in [0.717, 1.165) is 19.3 Å². The van der Waals surface area contributed by atoms with Gasteiger partial charge in [-0.2, -0.15) is 0 Å². The van der Waals surface area contributed by atoms with E-state index >= 15 is 0 Å². The number of Topliss-reactive ketones (excluding diaryl/α,β-unsaturated/α-hetero) is 1. The third kappa shape index (κ3) is 4.53. The number of carbonyl (C=O) groups excluding carboxylic acids is 3. The Bertz CT molecular complexity index is 670. The van der Waals surface area contributed by atoms with E-state index in [2.05, 4.69) is 5.32 Å². The van der Waals surface area contributed by atoms with Gasteiger partial charge in [-0.25, -0.2) is 0 Å². The van der Waals surface area contributed by atoms with Crippen LogP contribution in [0.15, 0.2) is 18.2 Å². The monoisotopic (exact) mass is 383 g/mol. The highest BCUT2D eigenvalue weighted by molar-refractivity contribution is 6.35. The van der Waals surface area contributed by atoms with Crippen molar-refractivity contribution in [2.24, 2.45) is 17.8 Å². The van der Waals surface area contributed by atoms with Crippen molar-refractivity contribution >= 4 is 46.5 Å². The zero-order valence-electron chi connectivity index (χ0n) is 13.6. The van der Waals surface area contributed by atoms with Crippen LogP contribution in [0.1, 0.15) is 32.1 Å². The van der Waals surface area contributed by atoms with Crippen molar-refractivity contribution < 1.29 is 19.1 Å². The molecular formula is C18H19Cl2NO4. The molecule has 1 N–H and O–H groups in total. The summed E-state index contributed by atoms with van der Waals surface area (Å²) in [6, 6.07) is 4.67. The maximum Gasteiger partial charge on any atom is 0.309 e. The molecule has 134 valence electrons. The minimum Gasteiger partial charge on any atom is -0.455 e. The van der Waals surface area contributed by atoms with Crippen LogP contribution in [0.3, 0.4) is 0 Å². The molecule has 5 nitrogen and oxygen atoms in total. The average molecular weight is 384 g/mol. The second-order valence-corrected chi connectivity index (χ2v) is 7.58. The number of hydrogen-bond acceptors (Lipinski definition) is 4. The Morgan fingerprint density at radius 3 is 2.28 bits per heavy atom. The molecule has 0 saturated heterocycles. The van der Waals surface area contributed by atoms with Gasteiger partial charge in [0.1, 0.15) is 5.78 Å². The summed E-state index contributed by atoms with van der Waals surface area (Å²) < 4.78 is 5.15. The van der Waals surface area contributed by atoms with Crippen LogP contribution in [-0.4, -0.2) is 24.3 Å². The molecule has 0 unspecified atom stereocenters. The third-order valence-electron chi connectivity index (χ3n) is 4.87. The summed E-state index contributed by atoms with van der Waals surface area (Å²) >= 11 is 11.7. The SMILES string of the molecule is O=C(COC(=O)C1C[C@H]2CCC[C@H](C1)C2=O)Nc1cc(Cl)cc(Cl)c1. The van der Waals surface area contributed by atoms with Gasteiger partial charge in [0.25, 0.3) is 5.91 Å². The van der Waals surface area contributed by atoms with Crippen molar-refractivity contribution in [3.63, 3.8) is 0 Å². The molecule has 1 aromatic rings. The number of rotatable bonds is 4. The number of ketones is 1. The van der Waals surface area contributed by atoms with Gasteiger partial charge in [0.05, 0.1) is 5.92 Å². The number of carbonyl (C=O) groups is 3. The van der Waals surface area contributed by atoms with Crippen LogP contribution < -0.4 is 5.32 Å². The predicted octanol–water partition coefficient (Wildman–Crippen LogP) is 3.87. The quantitative estimate of drug-likeness (QED) is 0.800. The van der Waals surface area contributed by atoms with Gasteiger partial charge in [-0.3, -0.25) is 14.4 Å². The normalized spacial score (nSPS) is 25.4. The van der Waals surface area contributed by atoms with E-state index in [1.54, 1.807) is 18.2 Å². The van der Waals surface area contributed by atoms with Crippen LogP contribution in [0, 0.1) is 17.8 Å². The fraction of sp³-hybridized carbons (Fsp3) is 0.500. The summed E-state index contributed by atoms with van der Waals surface area (Å²) in [4.78, 5) is 36.2. The molecule has 0 heterocycles. The molecule has 0 aromatic heterocycles. The summed E-state index contributed by atoms with van der Waals surface area (Å²) in [5.74, 6) is -0.894. The Kier molecular flexibility index (Phi) is 5.64. The van der Waals surface area contributed by atoms with E-state index in [4.69, 9.17) is 27.9 Å². The highest BCUT2D eigenvalue weighted by atomic mass is 35.5. The van der Waals surface area contributed by atoms with Crippen LogP contribution in [-0.2, 0) is 19.1 Å². The first-order valence-corrected chi connectivity index (χ1v) is 9.14. The molecule has 0 radical (unpaired) electrons. The predicted molar refractivity (Wildman–Crippen MR) is 94.6 cm³/mol. The molecule has 2 aliphatic rings. The molecule has 1 amide bonds. The molecule has 2 saturated carbocycles. The van der Waals surface area contributed by atoms with Crippen LogP contribution in [0.25, 0.3) is 0 Å². The van der Waals surface area contributed by atoms with E-state index in [9.17, 15) is 14.4 Å². The largest absolute Gasteiger partial charge is 0.455 e. The molecule has 1 aromatic carbocycles. The number of nitrogens with one attached hydrogen (secondary N) is 1. The molecule has 2 aliphatic carbocycles. The lowest BCUT2D eigenvalue weighted by Gasteiger charge is -2.36. The van der Waals surface area contributed by atoms with Gasteiger partial charge in [-0.1, -0.05) is 29.6 Å². The van der Waals surface area contributed by atoms with Crippen LogP contribution in [0.2, 0.25) is 10.0 Å². The number of hydrogen-bond donors (Lipinski definition) is 1. The number of esters is 1. The van der Waals surface area contributed by atoms with Crippen molar-refractivity contribution in [3.8, 4) is 0 Å². The molecule has 0 spiro atoms. The number of fused-ring (bicyclic) bond motifs is 2. The van der Waals surface area contributed by atoms with Gasteiger partial charge in [0.2, 0.25) is 0 Å². The molecule has 3 rings (SSSR count). The van der Waals surface area contributed by atoms with Gasteiger partial charge < -0.3 is 10.1 Å².